The number of hydrogen-bond acceptors (Lipinski definition) is 3. The largest absolute Gasteiger partial charge is 0.485 e. The van der Waals surface area contributed by atoms with Crippen LogP contribution in [-0.4, -0.2) is 9.97 Å². The first-order chi connectivity index (χ1) is 10.0. The number of ether oxygens (including phenoxy) is 1. The highest BCUT2D eigenvalue weighted by Crippen LogP contribution is 2.32. The molecule has 0 saturated carbocycles. The molecule has 3 nitrogen and oxygen atoms in total. The first kappa shape index (κ1) is 14.4. The Morgan fingerprint density at radius 1 is 1.33 bits per heavy atom. The number of nitrogens with zero attached hydrogens (tertiary/aromatic N) is 1. The molecule has 2 heterocycles. The van der Waals surface area contributed by atoms with Gasteiger partial charge in [-0.25, -0.2) is 4.98 Å². The Hall–Kier alpha value is -1.52. The highest BCUT2D eigenvalue weighted by atomic mass is 35.5. The van der Waals surface area contributed by atoms with Gasteiger partial charge >= 0.3 is 0 Å². The maximum atomic E-state index is 6.31. The molecular weight excluding hydrogens is 304 g/mol. The standard InChI is InChI=1S/C16H17ClN2OS/c1-9(2)13-5-11-4-12(17)15(6-14(11)19-13)20-8-16-18-7-10(3)21-16/h4-7,9,19H,8H2,1-3H3. The summed E-state index contributed by atoms with van der Waals surface area (Å²) in [4.78, 5) is 8.89. The number of H-pyrrole nitrogens is 1. The van der Waals surface area contributed by atoms with E-state index in [1.807, 2.05) is 25.3 Å². The van der Waals surface area contributed by atoms with Crippen LogP contribution in [0.1, 0.15) is 35.3 Å². The van der Waals surface area contributed by atoms with Crippen LogP contribution in [0.5, 0.6) is 5.75 Å². The SMILES string of the molecule is Cc1cnc(COc2cc3[nH]c(C(C)C)cc3cc2Cl)s1. The van der Waals surface area contributed by atoms with E-state index in [-0.39, 0.29) is 0 Å². The number of fused-ring (bicyclic) bond motifs is 1. The molecule has 0 bridgehead atoms. The van der Waals surface area contributed by atoms with Crippen LogP contribution in [0.15, 0.2) is 24.4 Å². The highest BCUT2D eigenvalue weighted by Gasteiger charge is 2.10. The molecule has 0 aliphatic carbocycles. The van der Waals surface area contributed by atoms with E-state index >= 15 is 0 Å². The van der Waals surface area contributed by atoms with Crippen LogP contribution in [0, 0.1) is 6.92 Å². The fourth-order valence-corrected chi connectivity index (χ4v) is 3.11. The van der Waals surface area contributed by atoms with E-state index in [1.54, 1.807) is 11.3 Å². The molecule has 1 N–H and O–H groups in total. The Morgan fingerprint density at radius 3 is 2.81 bits per heavy atom. The van der Waals surface area contributed by atoms with Gasteiger partial charge in [-0.15, -0.1) is 11.3 Å². The molecule has 0 aliphatic heterocycles. The lowest BCUT2D eigenvalue weighted by Crippen LogP contribution is -1.95. The van der Waals surface area contributed by atoms with E-state index in [0.717, 1.165) is 15.9 Å². The zero-order valence-corrected chi connectivity index (χ0v) is 13.8. The molecule has 3 rings (SSSR count). The number of benzene rings is 1. The third-order valence-electron chi connectivity index (χ3n) is 3.34. The number of hydrogen-bond donors (Lipinski definition) is 1. The van der Waals surface area contributed by atoms with Crippen molar-refractivity contribution in [2.45, 2.75) is 33.3 Å². The zero-order valence-electron chi connectivity index (χ0n) is 12.2. The zero-order chi connectivity index (χ0) is 15.0. The normalized spacial score (nSPS) is 11.5. The minimum Gasteiger partial charge on any atom is -0.485 e. The van der Waals surface area contributed by atoms with Crippen molar-refractivity contribution >= 4 is 33.8 Å². The smallest absolute Gasteiger partial charge is 0.140 e. The van der Waals surface area contributed by atoms with Crippen LogP contribution in [0.25, 0.3) is 10.9 Å². The molecule has 3 aromatic rings. The Balaban J connectivity index is 1.86. The van der Waals surface area contributed by atoms with E-state index in [2.05, 4.69) is 29.9 Å². The van der Waals surface area contributed by atoms with Crippen molar-refractivity contribution in [2.75, 3.05) is 0 Å². The van der Waals surface area contributed by atoms with Gasteiger partial charge in [0.25, 0.3) is 0 Å². The monoisotopic (exact) mass is 320 g/mol. The average molecular weight is 321 g/mol. The predicted molar refractivity (Wildman–Crippen MR) is 88.6 cm³/mol. The molecule has 21 heavy (non-hydrogen) atoms. The van der Waals surface area contributed by atoms with Crippen molar-refractivity contribution in [3.05, 3.63) is 45.0 Å². The molecule has 0 saturated heterocycles. The third kappa shape index (κ3) is 3.06. The van der Waals surface area contributed by atoms with Crippen molar-refractivity contribution in [2.24, 2.45) is 0 Å². The van der Waals surface area contributed by atoms with Gasteiger partial charge in [-0.1, -0.05) is 25.4 Å². The van der Waals surface area contributed by atoms with E-state index in [1.165, 1.54) is 10.6 Å². The van der Waals surface area contributed by atoms with Gasteiger partial charge in [-0.05, 0) is 25.0 Å². The maximum Gasteiger partial charge on any atom is 0.140 e. The third-order valence-corrected chi connectivity index (χ3v) is 4.52. The minimum atomic E-state index is 0.446. The fraction of sp³-hybridized carbons (Fsp3) is 0.312. The van der Waals surface area contributed by atoms with Gasteiger partial charge < -0.3 is 9.72 Å². The summed E-state index contributed by atoms with van der Waals surface area (Å²) in [5, 5.41) is 2.70. The number of aryl methyl sites for hydroxylation is 1. The summed E-state index contributed by atoms with van der Waals surface area (Å²) >= 11 is 7.95. The summed E-state index contributed by atoms with van der Waals surface area (Å²) in [5.74, 6) is 1.15. The van der Waals surface area contributed by atoms with Crippen molar-refractivity contribution < 1.29 is 4.74 Å². The number of halogens is 1. The number of rotatable bonds is 4. The first-order valence-corrected chi connectivity index (χ1v) is 8.08. The summed E-state index contributed by atoms with van der Waals surface area (Å²) in [6.45, 7) is 6.80. The van der Waals surface area contributed by atoms with Crippen LogP contribution >= 0.6 is 22.9 Å². The van der Waals surface area contributed by atoms with Crippen molar-refractivity contribution in [3.8, 4) is 5.75 Å². The van der Waals surface area contributed by atoms with Gasteiger partial charge in [0.05, 0.1) is 5.02 Å². The van der Waals surface area contributed by atoms with Gasteiger partial charge in [0.2, 0.25) is 0 Å². The molecule has 2 aromatic heterocycles. The van der Waals surface area contributed by atoms with Crippen molar-refractivity contribution in [3.63, 3.8) is 0 Å². The molecule has 0 atom stereocenters. The molecule has 0 amide bonds. The van der Waals surface area contributed by atoms with E-state index in [4.69, 9.17) is 16.3 Å². The summed E-state index contributed by atoms with van der Waals surface area (Å²) in [5.41, 5.74) is 2.25. The van der Waals surface area contributed by atoms with Gasteiger partial charge in [-0.3, -0.25) is 0 Å². The van der Waals surface area contributed by atoms with Gasteiger partial charge in [0.1, 0.15) is 17.4 Å². The van der Waals surface area contributed by atoms with Crippen LogP contribution in [0.4, 0.5) is 0 Å². The maximum absolute atomic E-state index is 6.31. The fourth-order valence-electron chi connectivity index (χ4n) is 2.18. The molecule has 0 fully saturated rings. The summed E-state index contributed by atoms with van der Waals surface area (Å²) in [7, 11) is 0. The Labute approximate surface area is 132 Å². The summed E-state index contributed by atoms with van der Waals surface area (Å²) in [6, 6.07) is 6.05. The molecule has 0 aliphatic rings. The quantitative estimate of drug-likeness (QED) is 0.709. The van der Waals surface area contributed by atoms with Crippen molar-refractivity contribution in [1.82, 2.24) is 9.97 Å². The summed E-state index contributed by atoms with van der Waals surface area (Å²) < 4.78 is 5.81. The molecule has 1 aromatic carbocycles. The molecule has 110 valence electrons. The van der Waals surface area contributed by atoms with Crippen molar-refractivity contribution in [1.29, 1.82) is 0 Å². The lowest BCUT2D eigenvalue weighted by Gasteiger charge is -2.06. The minimum absolute atomic E-state index is 0.446. The molecule has 5 heteroatoms. The van der Waals surface area contributed by atoms with Crippen LogP contribution in [-0.2, 0) is 6.61 Å². The lowest BCUT2D eigenvalue weighted by molar-refractivity contribution is 0.306. The number of nitrogens with one attached hydrogen (secondary N) is 1. The average Bonchev–Trinajstić information content (AvgIpc) is 3.02. The number of thiazole rings is 1. The second-order valence-electron chi connectivity index (χ2n) is 5.40. The molecular formula is C16H17ClN2OS. The second kappa shape index (κ2) is 5.70. The second-order valence-corrected chi connectivity index (χ2v) is 7.13. The van der Waals surface area contributed by atoms with Crippen LogP contribution in [0.3, 0.4) is 0 Å². The highest BCUT2D eigenvalue weighted by molar-refractivity contribution is 7.11. The Bertz CT molecular complexity index is 776. The van der Waals surface area contributed by atoms with E-state index in [0.29, 0.717) is 23.3 Å². The lowest BCUT2D eigenvalue weighted by atomic mass is 10.1. The Morgan fingerprint density at radius 2 is 2.14 bits per heavy atom. The molecule has 0 radical (unpaired) electrons. The van der Waals surface area contributed by atoms with E-state index in [9.17, 15) is 0 Å². The molecule has 0 spiro atoms. The van der Waals surface area contributed by atoms with Gasteiger partial charge in [-0.2, -0.15) is 0 Å². The van der Waals surface area contributed by atoms with E-state index < -0.39 is 0 Å². The predicted octanol–water partition coefficient (Wildman–Crippen LogP) is 5.29. The van der Waals surface area contributed by atoms with Gasteiger partial charge in [0.15, 0.2) is 0 Å². The number of aromatic nitrogens is 2. The van der Waals surface area contributed by atoms with Crippen LogP contribution < -0.4 is 4.74 Å². The van der Waals surface area contributed by atoms with Crippen LogP contribution in [0.2, 0.25) is 5.02 Å². The van der Waals surface area contributed by atoms with Gasteiger partial charge in [0, 0.05) is 33.7 Å². The Kier molecular flexibility index (Phi) is 3.91. The first-order valence-electron chi connectivity index (χ1n) is 6.89. The summed E-state index contributed by atoms with van der Waals surface area (Å²) in [6.07, 6.45) is 1.86. The molecule has 0 unspecified atom stereocenters. The number of aromatic amines is 1. The topological polar surface area (TPSA) is 37.9 Å².